The number of hydrogen-bond donors (Lipinski definition) is 0. The van der Waals surface area contributed by atoms with E-state index in [2.05, 4.69) is 0 Å². The van der Waals surface area contributed by atoms with E-state index >= 15 is 0 Å². The first kappa shape index (κ1) is 19.1. The van der Waals surface area contributed by atoms with Crippen LogP contribution in [0.5, 0.6) is 0 Å². The monoisotopic (exact) mass is 380 g/mol. The molecule has 0 saturated carbocycles. The number of carbonyl (C=O) groups excluding carboxylic acids is 1. The van der Waals surface area contributed by atoms with Gasteiger partial charge in [-0.2, -0.15) is 0 Å². The minimum Gasteiger partial charge on any atom is -0.302 e. The number of anilines is 1. The van der Waals surface area contributed by atoms with Crippen LogP contribution in [-0.4, -0.2) is 26.7 Å². The normalized spacial score (nSPS) is 10.7. The van der Waals surface area contributed by atoms with Crippen LogP contribution in [0, 0.1) is 17.0 Å². The van der Waals surface area contributed by atoms with Crippen molar-refractivity contribution in [1.29, 1.82) is 0 Å². The molecule has 0 aliphatic rings. The van der Waals surface area contributed by atoms with Gasteiger partial charge in [0.2, 0.25) is 0 Å². The molecule has 0 spiro atoms. The number of nitrogens with zero attached hydrogens (tertiary/aromatic N) is 4. The van der Waals surface area contributed by atoms with Crippen LogP contribution in [0.1, 0.15) is 23.0 Å². The van der Waals surface area contributed by atoms with Crippen molar-refractivity contribution >= 4 is 17.3 Å². The first-order chi connectivity index (χ1) is 13.4. The van der Waals surface area contributed by atoms with E-state index in [1.54, 1.807) is 25.6 Å². The van der Waals surface area contributed by atoms with E-state index in [0.29, 0.717) is 11.4 Å². The summed E-state index contributed by atoms with van der Waals surface area (Å²) >= 11 is 0. The predicted octanol–water partition coefficient (Wildman–Crippen LogP) is 3.06. The van der Waals surface area contributed by atoms with Gasteiger partial charge in [0, 0.05) is 31.3 Å². The molecule has 2 aromatic carbocycles. The van der Waals surface area contributed by atoms with Crippen molar-refractivity contribution in [3.8, 4) is 5.69 Å². The van der Waals surface area contributed by atoms with Gasteiger partial charge in [-0.15, -0.1) is 0 Å². The zero-order chi connectivity index (χ0) is 20.4. The van der Waals surface area contributed by atoms with Crippen LogP contribution in [0.3, 0.4) is 0 Å². The highest BCUT2D eigenvalue weighted by Crippen LogP contribution is 2.21. The van der Waals surface area contributed by atoms with E-state index in [-0.39, 0.29) is 34.9 Å². The third-order valence-electron chi connectivity index (χ3n) is 4.68. The number of para-hydroxylation sites is 1. The average Bonchev–Trinajstić information content (AvgIpc) is 2.92. The summed E-state index contributed by atoms with van der Waals surface area (Å²) in [5.74, 6) is -0.386. The van der Waals surface area contributed by atoms with Gasteiger partial charge < -0.3 is 4.90 Å². The van der Waals surface area contributed by atoms with E-state index in [1.165, 1.54) is 33.8 Å². The Bertz CT molecular complexity index is 1080. The van der Waals surface area contributed by atoms with E-state index in [0.717, 1.165) is 0 Å². The summed E-state index contributed by atoms with van der Waals surface area (Å²) in [5, 5.41) is 10.8. The SMILES string of the molecule is CCN(C(=O)c1ccc([N+](=O)[O-])cc1)c1c(C)n(C)n(-c2ccccc2)c1=O. The fourth-order valence-electron chi connectivity index (χ4n) is 3.15. The number of nitro groups is 1. The Morgan fingerprint density at radius 2 is 1.71 bits per heavy atom. The van der Waals surface area contributed by atoms with Crippen LogP contribution in [0.25, 0.3) is 5.69 Å². The van der Waals surface area contributed by atoms with Gasteiger partial charge in [0.25, 0.3) is 17.2 Å². The number of benzene rings is 2. The van der Waals surface area contributed by atoms with Crippen molar-refractivity contribution in [2.24, 2.45) is 7.05 Å². The molecule has 1 amide bonds. The molecule has 0 unspecified atom stereocenters. The quantitative estimate of drug-likeness (QED) is 0.502. The number of aromatic nitrogens is 2. The maximum Gasteiger partial charge on any atom is 0.295 e. The molecule has 0 bridgehead atoms. The second-order valence-corrected chi connectivity index (χ2v) is 6.26. The molecule has 0 radical (unpaired) electrons. The molecule has 0 aliphatic heterocycles. The van der Waals surface area contributed by atoms with Crippen molar-refractivity contribution < 1.29 is 9.72 Å². The van der Waals surface area contributed by atoms with Gasteiger partial charge in [-0.3, -0.25) is 24.4 Å². The summed E-state index contributed by atoms with van der Waals surface area (Å²) in [7, 11) is 1.76. The number of carbonyl (C=O) groups is 1. The first-order valence-corrected chi connectivity index (χ1v) is 8.77. The smallest absolute Gasteiger partial charge is 0.295 e. The number of hydrogen-bond acceptors (Lipinski definition) is 4. The minimum atomic E-state index is -0.522. The summed E-state index contributed by atoms with van der Waals surface area (Å²) in [6.45, 7) is 3.84. The van der Waals surface area contributed by atoms with Crippen LogP contribution in [0.15, 0.2) is 59.4 Å². The summed E-state index contributed by atoms with van der Waals surface area (Å²) in [4.78, 5) is 37.9. The van der Waals surface area contributed by atoms with E-state index in [9.17, 15) is 19.7 Å². The largest absolute Gasteiger partial charge is 0.302 e. The molecule has 1 aromatic heterocycles. The zero-order valence-electron chi connectivity index (χ0n) is 15.8. The summed E-state index contributed by atoms with van der Waals surface area (Å²) < 4.78 is 3.22. The molecule has 0 saturated heterocycles. The fourth-order valence-corrected chi connectivity index (χ4v) is 3.15. The number of nitro benzene ring substituents is 1. The molecule has 8 heteroatoms. The van der Waals surface area contributed by atoms with Gasteiger partial charge >= 0.3 is 0 Å². The Morgan fingerprint density at radius 3 is 2.25 bits per heavy atom. The summed E-state index contributed by atoms with van der Waals surface area (Å²) in [6.07, 6.45) is 0. The van der Waals surface area contributed by atoms with Crippen LogP contribution < -0.4 is 10.5 Å². The van der Waals surface area contributed by atoms with Crippen molar-refractivity contribution in [2.45, 2.75) is 13.8 Å². The molecular weight excluding hydrogens is 360 g/mol. The number of non-ortho nitro benzene ring substituents is 1. The van der Waals surface area contributed by atoms with Crippen molar-refractivity contribution in [3.05, 3.63) is 86.3 Å². The van der Waals surface area contributed by atoms with Gasteiger partial charge in [0.1, 0.15) is 5.69 Å². The topological polar surface area (TPSA) is 90.4 Å². The average molecular weight is 380 g/mol. The van der Waals surface area contributed by atoms with Crippen LogP contribution in [0.4, 0.5) is 11.4 Å². The third-order valence-corrected chi connectivity index (χ3v) is 4.68. The standard InChI is InChI=1S/C20H20N4O4/c1-4-22(19(25)15-10-12-17(13-11-15)24(27)28)18-14(2)21(3)23(20(18)26)16-8-6-5-7-9-16/h5-13H,4H2,1-3H3. The second-order valence-electron chi connectivity index (χ2n) is 6.26. The van der Waals surface area contributed by atoms with Crippen LogP contribution in [0.2, 0.25) is 0 Å². The molecule has 144 valence electrons. The number of rotatable bonds is 5. The lowest BCUT2D eigenvalue weighted by atomic mass is 10.1. The van der Waals surface area contributed by atoms with Gasteiger partial charge in [-0.1, -0.05) is 18.2 Å². The fraction of sp³-hybridized carbons (Fsp3) is 0.200. The molecular formula is C20H20N4O4. The lowest BCUT2D eigenvalue weighted by Gasteiger charge is -2.19. The van der Waals surface area contributed by atoms with Crippen molar-refractivity contribution in [3.63, 3.8) is 0 Å². The van der Waals surface area contributed by atoms with Gasteiger partial charge in [0.15, 0.2) is 0 Å². The lowest BCUT2D eigenvalue weighted by Crippen LogP contribution is -2.35. The molecule has 1 heterocycles. The predicted molar refractivity (Wildman–Crippen MR) is 106 cm³/mol. The highest BCUT2D eigenvalue weighted by atomic mass is 16.6. The maximum absolute atomic E-state index is 13.1. The van der Waals surface area contributed by atoms with Gasteiger partial charge in [-0.25, -0.2) is 4.68 Å². The zero-order valence-corrected chi connectivity index (χ0v) is 15.8. The van der Waals surface area contributed by atoms with Crippen molar-refractivity contribution in [1.82, 2.24) is 9.36 Å². The Morgan fingerprint density at radius 1 is 1.11 bits per heavy atom. The van der Waals surface area contributed by atoms with Crippen molar-refractivity contribution in [2.75, 3.05) is 11.4 Å². The van der Waals surface area contributed by atoms with E-state index in [1.807, 2.05) is 30.3 Å². The molecule has 3 aromatic rings. The van der Waals surface area contributed by atoms with Crippen LogP contribution in [-0.2, 0) is 7.05 Å². The summed E-state index contributed by atoms with van der Waals surface area (Å²) in [5.41, 5.74) is 1.51. The minimum absolute atomic E-state index is 0.0954. The molecule has 28 heavy (non-hydrogen) atoms. The van der Waals surface area contributed by atoms with E-state index < -0.39 is 4.92 Å². The molecule has 0 atom stereocenters. The second kappa shape index (κ2) is 7.51. The molecule has 0 N–H and O–H groups in total. The maximum atomic E-state index is 13.1. The summed E-state index contributed by atoms with van der Waals surface area (Å²) in [6, 6.07) is 14.5. The lowest BCUT2D eigenvalue weighted by molar-refractivity contribution is -0.384. The Kier molecular flexibility index (Phi) is 5.12. The molecule has 8 nitrogen and oxygen atoms in total. The Balaban J connectivity index is 2.07. The van der Waals surface area contributed by atoms with Gasteiger partial charge in [-0.05, 0) is 38.1 Å². The molecule has 3 rings (SSSR count). The van der Waals surface area contributed by atoms with E-state index in [4.69, 9.17) is 0 Å². The number of amides is 1. The Hall–Kier alpha value is -3.68. The Labute approximate surface area is 161 Å². The third kappa shape index (κ3) is 3.20. The molecule has 0 aliphatic carbocycles. The highest BCUT2D eigenvalue weighted by molar-refractivity contribution is 6.06. The van der Waals surface area contributed by atoms with Gasteiger partial charge in [0.05, 0.1) is 16.3 Å². The highest BCUT2D eigenvalue weighted by Gasteiger charge is 2.26. The first-order valence-electron chi connectivity index (χ1n) is 8.77. The molecule has 0 fully saturated rings. The van der Waals surface area contributed by atoms with Crippen LogP contribution >= 0.6 is 0 Å².